The SMILES string of the molecule is Cc1nn(C)cc1-c1cc(C(=O)NCCN2CCOCC2)c2ccccc2n1. The molecule has 1 aliphatic rings. The second-order valence-corrected chi connectivity index (χ2v) is 7.08. The molecule has 1 aliphatic heterocycles. The maximum absolute atomic E-state index is 13.0. The van der Waals surface area contributed by atoms with Gasteiger partial charge in [0.05, 0.1) is 35.7 Å². The molecule has 2 aromatic heterocycles. The van der Waals surface area contributed by atoms with Crippen LogP contribution in [-0.4, -0.2) is 65.0 Å². The van der Waals surface area contributed by atoms with Crippen molar-refractivity contribution in [1.82, 2.24) is 25.0 Å². The molecule has 1 fully saturated rings. The Balaban J connectivity index is 1.59. The summed E-state index contributed by atoms with van der Waals surface area (Å²) in [6.45, 7) is 6.74. The Bertz CT molecular complexity index is 992. The fraction of sp³-hybridized carbons (Fsp3) is 0.381. The normalized spacial score (nSPS) is 15.1. The summed E-state index contributed by atoms with van der Waals surface area (Å²) >= 11 is 0. The Hall–Kier alpha value is -2.77. The Morgan fingerprint density at radius 2 is 2.04 bits per heavy atom. The van der Waals surface area contributed by atoms with Crippen LogP contribution in [-0.2, 0) is 11.8 Å². The first kappa shape index (κ1) is 18.6. The third-order valence-electron chi connectivity index (χ3n) is 5.07. The second kappa shape index (κ2) is 8.08. The minimum atomic E-state index is -0.0744. The van der Waals surface area contributed by atoms with E-state index in [1.165, 1.54) is 0 Å². The van der Waals surface area contributed by atoms with Crippen LogP contribution in [0.5, 0.6) is 0 Å². The fourth-order valence-corrected chi connectivity index (χ4v) is 3.60. The van der Waals surface area contributed by atoms with E-state index in [9.17, 15) is 4.79 Å². The maximum Gasteiger partial charge on any atom is 0.252 e. The molecule has 28 heavy (non-hydrogen) atoms. The summed E-state index contributed by atoms with van der Waals surface area (Å²) in [7, 11) is 1.89. The van der Waals surface area contributed by atoms with E-state index in [-0.39, 0.29) is 5.91 Å². The molecule has 0 aliphatic carbocycles. The number of fused-ring (bicyclic) bond motifs is 1. The molecule has 146 valence electrons. The number of carbonyl (C=O) groups is 1. The lowest BCUT2D eigenvalue weighted by Gasteiger charge is -2.26. The van der Waals surface area contributed by atoms with Crippen LogP contribution in [0.4, 0.5) is 0 Å². The second-order valence-electron chi connectivity index (χ2n) is 7.08. The van der Waals surface area contributed by atoms with Crippen molar-refractivity contribution in [2.45, 2.75) is 6.92 Å². The summed E-state index contributed by atoms with van der Waals surface area (Å²) in [6, 6.07) is 9.63. The Kier molecular flexibility index (Phi) is 5.36. The van der Waals surface area contributed by atoms with Crippen molar-refractivity contribution in [2.24, 2.45) is 7.05 Å². The number of benzene rings is 1. The number of hydrogen-bond donors (Lipinski definition) is 1. The number of hydrogen-bond acceptors (Lipinski definition) is 5. The zero-order valence-corrected chi connectivity index (χ0v) is 16.3. The van der Waals surface area contributed by atoms with Crippen LogP contribution < -0.4 is 5.32 Å². The highest BCUT2D eigenvalue weighted by Gasteiger charge is 2.16. The van der Waals surface area contributed by atoms with Gasteiger partial charge in [0, 0.05) is 50.4 Å². The van der Waals surface area contributed by atoms with E-state index in [0.29, 0.717) is 12.1 Å². The number of aryl methyl sites for hydroxylation is 2. The van der Waals surface area contributed by atoms with Crippen molar-refractivity contribution < 1.29 is 9.53 Å². The highest BCUT2D eigenvalue weighted by atomic mass is 16.5. The van der Waals surface area contributed by atoms with Gasteiger partial charge < -0.3 is 10.1 Å². The molecule has 7 nitrogen and oxygen atoms in total. The summed E-state index contributed by atoms with van der Waals surface area (Å²) < 4.78 is 7.14. The van der Waals surface area contributed by atoms with Gasteiger partial charge in [-0.2, -0.15) is 5.10 Å². The van der Waals surface area contributed by atoms with Crippen LogP contribution in [0, 0.1) is 6.92 Å². The van der Waals surface area contributed by atoms with Crippen molar-refractivity contribution in [3.63, 3.8) is 0 Å². The van der Waals surface area contributed by atoms with E-state index < -0.39 is 0 Å². The molecule has 0 radical (unpaired) electrons. The number of para-hydroxylation sites is 1. The van der Waals surface area contributed by atoms with Crippen LogP contribution >= 0.6 is 0 Å². The first-order chi connectivity index (χ1) is 13.6. The van der Waals surface area contributed by atoms with Crippen molar-refractivity contribution in [3.8, 4) is 11.3 Å². The van der Waals surface area contributed by atoms with Gasteiger partial charge in [-0.05, 0) is 19.1 Å². The van der Waals surface area contributed by atoms with Gasteiger partial charge in [0.15, 0.2) is 0 Å². The third kappa shape index (κ3) is 3.90. The Morgan fingerprint density at radius 3 is 2.79 bits per heavy atom. The molecule has 1 N–H and O–H groups in total. The predicted molar refractivity (Wildman–Crippen MR) is 108 cm³/mol. The number of rotatable bonds is 5. The van der Waals surface area contributed by atoms with Gasteiger partial charge in [-0.1, -0.05) is 18.2 Å². The third-order valence-corrected chi connectivity index (χ3v) is 5.07. The summed E-state index contributed by atoms with van der Waals surface area (Å²) in [4.78, 5) is 20.0. The van der Waals surface area contributed by atoms with Crippen LogP contribution in [0.2, 0.25) is 0 Å². The lowest BCUT2D eigenvalue weighted by atomic mass is 10.0. The summed E-state index contributed by atoms with van der Waals surface area (Å²) in [5, 5.41) is 8.33. The first-order valence-electron chi connectivity index (χ1n) is 9.60. The maximum atomic E-state index is 13.0. The quantitative estimate of drug-likeness (QED) is 0.734. The van der Waals surface area contributed by atoms with Gasteiger partial charge in [-0.25, -0.2) is 4.98 Å². The molecule has 0 saturated carbocycles. The van der Waals surface area contributed by atoms with Gasteiger partial charge >= 0.3 is 0 Å². The number of nitrogens with one attached hydrogen (secondary N) is 1. The molecule has 0 bridgehead atoms. The largest absolute Gasteiger partial charge is 0.379 e. The van der Waals surface area contributed by atoms with Crippen molar-refractivity contribution in [2.75, 3.05) is 39.4 Å². The molecule has 0 spiro atoms. The van der Waals surface area contributed by atoms with E-state index in [1.807, 2.05) is 50.5 Å². The van der Waals surface area contributed by atoms with Crippen LogP contribution in [0.1, 0.15) is 16.1 Å². The van der Waals surface area contributed by atoms with Gasteiger partial charge in [0.25, 0.3) is 5.91 Å². The Labute approximate surface area is 164 Å². The topological polar surface area (TPSA) is 72.3 Å². The minimum absolute atomic E-state index is 0.0744. The molecule has 3 aromatic rings. The van der Waals surface area contributed by atoms with E-state index in [0.717, 1.165) is 60.7 Å². The highest BCUT2D eigenvalue weighted by Crippen LogP contribution is 2.26. The molecule has 1 amide bonds. The van der Waals surface area contributed by atoms with E-state index in [1.54, 1.807) is 4.68 Å². The lowest BCUT2D eigenvalue weighted by molar-refractivity contribution is 0.0383. The number of aromatic nitrogens is 3. The fourth-order valence-electron chi connectivity index (χ4n) is 3.60. The molecule has 3 heterocycles. The van der Waals surface area contributed by atoms with E-state index >= 15 is 0 Å². The van der Waals surface area contributed by atoms with Gasteiger partial charge in [0.1, 0.15) is 0 Å². The number of ether oxygens (including phenoxy) is 1. The van der Waals surface area contributed by atoms with Crippen molar-refractivity contribution >= 4 is 16.8 Å². The number of nitrogens with zero attached hydrogens (tertiary/aromatic N) is 4. The van der Waals surface area contributed by atoms with Crippen molar-refractivity contribution in [3.05, 3.63) is 47.8 Å². The van der Waals surface area contributed by atoms with Crippen LogP contribution in [0.15, 0.2) is 36.5 Å². The molecular weight excluding hydrogens is 354 g/mol. The van der Waals surface area contributed by atoms with Gasteiger partial charge in [-0.15, -0.1) is 0 Å². The molecule has 1 aromatic carbocycles. The van der Waals surface area contributed by atoms with E-state index in [2.05, 4.69) is 15.3 Å². The Morgan fingerprint density at radius 1 is 1.25 bits per heavy atom. The van der Waals surface area contributed by atoms with E-state index in [4.69, 9.17) is 9.72 Å². The molecule has 7 heteroatoms. The number of pyridine rings is 1. The average Bonchev–Trinajstić information content (AvgIpc) is 3.06. The molecule has 1 saturated heterocycles. The monoisotopic (exact) mass is 379 g/mol. The number of morpholine rings is 1. The van der Waals surface area contributed by atoms with Crippen molar-refractivity contribution in [1.29, 1.82) is 0 Å². The molecular formula is C21H25N5O2. The standard InChI is InChI=1S/C21H25N5O2/c1-15-18(14-25(2)24-15)20-13-17(16-5-3-4-6-19(16)23-20)21(27)22-7-8-26-9-11-28-12-10-26/h3-6,13-14H,7-12H2,1-2H3,(H,22,27). The summed E-state index contributed by atoms with van der Waals surface area (Å²) in [5.41, 5.74) is 4.05. The summed E-state index contributed by atoms with van der Waals surface area (Å²) in [5.74, 6) is -0.0744. The zero-order valence-electron chi connectivity index (χ0n) is 16.3. The van der Waals surface area contributed by atoms with Gasteiger partial charge in [0.2, 0.25) is 0 Å². The van der Waals surface area contributed by atoms with Crippen LogP contribution in [0.25, 0.3) is 22.2 Å². The summed E-state index contributed by atoms with van der Waals surface area (Å²) in [6.07, 6.45) is 1.94. The average molecular weight is 379 g/mol. The molecule has 0 atom stereocenters. The molecule has 4 rings (SSSR count). The lowest BCUT2D eigenvalue weighted by Crippen LogP contribution is -2.41. The zero-order chi connectivity index (χ0) is 19.5. The van der Waals surface area contributed by atoms with Crippen LogP contribution in [0.3, 0.4) is 0 Å². The number of amides is 1. The number of carbonyl (C=O) groups excluding carboxylic acids is 1. The first-order valence-corrected chi connectivity index (χ1v) is 9.60. The highest BCUT2D eigenvalue weighted by molar-refractivity contribution is 6.07. The smallest absolute Gasteiger partial charge is 0.252 e. The molecule has 0 unspecified atom stereocenters. The minimum Gasteiger partial charge on any atom is -0.379 e. The predicted octanol–water partition coefficient (Wildman–Crippen LogP) is 2.01. The van der Waals surface area contributed by atoms with Gasteiger partial charge in [-0.3, -0.25) is 14.4 Å².